The minimum Gasteiger partial charge on any atom is -0.225 e. The lowest BCUT2D eigenvalue weighted by atomic mass is 10.1. The van der Waals surface area contributed by atoms with Crippen LogP contribution in [0.4, 0.5) is 0 Å². The van der Waals surface area contributed by atoms with Crippen molar-refractivity contribution in [1.29, 1.82) is 0 Å². The van der Waals surface area contributed by atoms with Gasteiger partial charge in [0.25, 0.3) is 0 Å². The number of hydrogen-bond acceptors (Lipinski definition) is 6. The lowest BCUT2D eigenvalue weighted by Crippen LogP contribution is -2.13. The molecule has 0 aliphatic heterocycles. The third-order valence-corrected chi connectivity index (χ3v) is 3.66. The molecule has 102 valence electrons. The highest BCUT2D eigenvalue weighted by atomic mass is 32.2. The van der Waals surface area contributed by atoms with Crippen LogP contribution in [0.25, 0.3) is 22.5 Å². The van der Waals surface area contributed by atoms with Crippen molar-refractivity contribution in [3.63, 3.8) is 0 Å². The van der Waals surface area contributed by atoms with Crippen LogP contribution < -0.4 is 5.14 Å². The second-order valence-electron chi connectivity index (χ2n) is 3.97. The average molecular weight is 291 g/mol. The first-order chi connectivity index (χ1) is 9.55. The van der Waals surface area contributed by atoms with Crippen LogP contribution in [0.3, 0.4) is 0 Å². The number of primary sulfonamides is 1. The van der Waals surface area contributed by atoms with E-state index in [0.717, 1.165) is 0 Å². The first kappa shape index (κ1) is 12.4. The highest BCUT2D eigenvalue weighted by molar-refractivity contribution is 7.89. The van der Waals surface area contributed by atoms with Crippen molar-refractivity contribution in [3.8, 4) is 22.5 Å². The quantitative estimate of drug-likeness (QED) is 0.615. The summed E-state index contributed by atoms with van der Waals surface area (Å²) in [5.74, 6) is 0. The minimum absolute atomic E-state index is 0.0290. The molecule has 0 saturated carbocycles. The normalized spacial score (nSPS) is 11.7. The Hall–Kier alpha value is -2.59. The van der Waals surface area contributed by atoms with Gasteiger partial charge in [0.2, 0.25) is 10.0 Å². The van der Waals surface area contributed by atoms with Gasteiger partial charge < -0.3 is 0 Å². The van der Waals surface area contributed by atoms with Crippen LogP contribution >= 0.6 is 0 Å². The zero-order chi connectivity index (χ0) is 14.2. The van der Waals surface area contributed by atoms with E-state index in [9.17, 15) is 8.42 Å². The fraction of sp³-hybridized carbons (Fsp3) is 0. The van der Waals surface area contributed by atoms with Gasteiger partial charge in [-0.2, -0.15) is 30.8 Å². The molecule has 4 N–H and O–H groups in total. The van der Waals surface area contributed by atoms with Crippen LogP contribution in [0, 0.1) is 0 Å². The summed E-state index contributed by atoms with van der Waals surface area (Å²) in [6.07, 6.45) is 2.94. The van der Waals surface area contributed by atoms with Gasteiger partial charge in [0, 0.05) is 11.1 Å². The number of H-pyrrole nitrogens is 2. The van der Waals surface area contributed by atoms with Gasteiger partial charge in [-0.15, -0.1) is 0 Å². The van der Waals surface area contributed by atoms with Crippen LogP contribution in [-0.4, -0.2) is 39.2 Å². The molecule has 3 aromatic rings. The molecule has 1 aromatic carbocycles. The molecule has 0 radical (unpaired) electrons. The number of hydrogen-bond donors (Lipinski definition) is 3. The predicted octanol–water partition coefficient (Wildman–Crippen LogP) is -0.0958. The van der Waals surface area contributed by atoms with Crippen molar-refractivity contribution >= 4 is 10.0 Å². The third-order valence-electron chi connectivity index (χ3n) is 2.69. The molecule has 9 nitrogen and oxygen atoms in total. The molecule has 0 spiro atoms. The highest BCUT2D eigenvalue weighted by Gasteiger charge is 2.18. The highest BCUT2D eigenvalue weighted by Crippen LogP contribution is 2.29. The monoisotopic (exact) mass is 291 g/mol. The molecule has 3 rings (SSSR count). The smallest absolute Gasteiger partial charge is 0.225 e. The van der Waals surface area contributed by atoms with E-state index in [1.165, 1.54) is 18.5 Å². The van der Waals surface area contributed by atoms with Crippen LogP contribution in [-0.2, 0) is 10.0 Å². The largest absolute Gasteiger partial charge is 0.238 e. The van der Waals surface area contributed by atoms with E-state index >= 15 is 0 Å². The summed E-state index contributed by atoms with van der Waals surface area (Å²) in [5, 5.41) is 25.3. The van der Waals surface area contributed by atoms with Gasteiger partial charge in [0.05, 0.1) is 17.3 Å². The topological polar surface area (TPSA) is 143 Å². The Balaban J connectivity index is 2.24. The maximum atomic E-state index is 11.6. The molecule has 0 bridgehead atoms. The van der Waals surface area contributed by atoms with Crippen LogP contribution in [0.15, 0.2) is 35.5 Å². The van der Waals surface area contributed by atoms with Crippen molar-refractivity contribution < 1.29 is 8.42 Å². The molecule has 0 aliphatic rings. The average Bonchev–Trinajstić information content (AvgIpc) is 3.10. The number of nitrogens with two attached hydrogens (primary N) is 1. The number of sulfonamides is 1. The predicted molar refractivity (Wildman–Crippen MR) is 68.6 cm³/mol. The van der Waals surface area contributed by atoms with Gasteiger partial charge in [0.1, 0.15) is 11.4 Å². The molecule has 0 saturated heterocycles. The summed E-state index contributed by atoms with van der Waals surface area (Å²) in [4.78, 5) is -0.0290. The van der Waals surface area contributed by atoms with E-state index in [0.29, 0.717) is 22.5 Å². The Labute approximate surface area is 113 Å². The second kappa shape index (κ2) is 4.51. The SMILES string of the molecule is NS(=O)(=O)c1ccc(-c2cn[nH]n2)cc1-c1cn[nH]n1. The van der Waals surface area contributed by atoms with Crippen molar-refractivity contribution in [2.24, 2.45) is 5.14 Å². The van der Waals surface area contributed by atoms with Crippen LogP contribution in [0.1, 0.15) is 0 Å². The Morgan fingerprint density at radius 1 is 1.00 bits per heavy atom. The molecule has 2 aromatic heterocycles. The molecule has 0 amide bonds. The van der Waals surface area contributed by atoms with Crippen molar-refractivity contribution in [2.75, 3.05) is 0 Å². The third kappa shape index (κ3) is 2.17. The molecule has 0 unspecified atom stereocenters. The number of rotatable bonds is 3. The molecule has 2 heterocycles. The van der Waals surface area contributed by atoms with E-state index in [1.54, 1.807) is 12.1 Å². The van der Waals surface area contributed by atoms with Crippen LogP contribution in [0.5, 0.6) is 0 Å². The summed E-state index contributed by atoms with van der Waals surface area (Å²) in [5.41, 5.74) is 1.99. The van der Waals surface area contributed by atoms with Gasteiger partial charge >= 0.3 is 0 Å². The zero-order valence-corrected chi connectivity index (χ0v) is 10.8. The van der Waals surface area contributed by atoms with Gasteiger partial charge in [-0.05, 0) is 12.1 Å². The first-order valence-corrected chi connectivity index (χ1v) is 6.99. The number of nitrogens with zero attached hydrogens (tertiary/aromatic N) is 4. The number of nitrogens with one attached hydrogen (secondary N) is 2. The van der Waals surface area contributed by atoms with Gasteiger partial charge in [-0.25, -0.2) is 13.6 Å². The number of benzene rings is 1. The number of aromatic amines is 2. The Kier molecular flexibility index (Phi) is 2.80. The second-order valence-corrected chi connectivity index (χ2v) is 5.50. The zero-order valence-electron chi connectivity index (χ0n) is 9.98. The summed E-state index contributed by atoms with van der Waals surface area (Å²) in [6.45, 7) is 0. The molecule has 0 atom stereocenters. The number of aromatic nitrogens is 6. The van der Waals surface area contributed by atoms with E-state index in [2.05, 4.69) is 30.8 Å². The molecule has 20 heavy (non-hydrogen) atoms. The molecular weight excluding hydrogens is 282 g/mol. The standard InChI is InChI=1S/C10H9N7O2S/c11-20(18,19)10-2-1-6(8-4-12-16-14-8)3-7(10)9-5-13-17-15-9/h1-5H,(H2,11,18,19)(H,12,14,16)(H,13,15,17). The van der Waals surface area contributed by atoms with Gasteiger partial charge in [0.15, 0.2) is 0 Å². The molecular formula is C10H9N7O2S. The minimum atomic E-state index is -3.87. The summed E-state index contributed by atoms with van der Waals surface area (Å²) in [7, 11) is -3.87. The summed E-state index contributed by atoms with van der Waals surface area (Å²) < 4.78 is 23.3. The maximum absolute atomic E-state index is 11.6. The molecule has 10 heteroatoms. The van der Waals surface area contributed by atoms with E-state index in [-0.39, 0.29) is 4.90 Å². The van der Waals surface area contributed by atoms with Crippen molar-refractivity contribution in [2.45, 2.75) is 4.90 Å². The summed E-state index contributed by atoms with van der Waals surface area (Å²) in [6, 6.07) is 4.62. The fourth-order valence-electron chi connectivity index (χ4n) is 1.81. The van der Waals surface area contributed by atoms with Gasteiger partial charge in [-0.1, -0.05) is 6.07 Å². The Morgan fingerprint density at radius 3 is 2.20 bits per heavy atom. The molecule has 0 fully saturated rings. The molecule has 0 aliphatic carbocycles. The lowest BCUT2D eigenvalue weighted by Gasteiger charge is -2.06. The van der Waals surface area contributed by atoms with Crippen LogP contribution in [0.2, 0.25) is 0 Å². The maximum Gasteiger partial charge on any atom is 0.238 e. The van der Waals surface area contributed by atoms with E-state index in [4.69, 9.17) is 5.14 Å². The van der Waals surface area contributed by atoms with E-state index < -0.39 is 10.0 Å². The fourth-order valence-corrected chi connectivity index (χ4v) is 2.54. The summed E-state index contributed by atoms with van der Waals surface area (Å²) >= 11 is 0. The van der Waals surface area contributed by atoms with Crippen molar-refractivity contribution in [3.05, 3.63) is 30.6 Å². The first-order valence-electron chi connectivity index (χ1n) is 5.45. The van der Waals surface area contributed by atoms with E-state index in [1.807, 2.05) is 0 Å². The Morgan fingerprint density at radius 2 is 1.65 bits per heavy atom. The Bertz CT molecular complexity index is 825. The van der Waals surface area contributed by atoms with Crippen molar-refractivity contribution in [1.82, 2.24) is 30.8 Å². The van der Waals surface area contributed by atoms with Gasteiger partial charge in [-0.3, -0.25) is 0 Å². The lowest BCUT2D eigenvalue weighted by molar-refractivity contribution is 0.598.